The van der Waals surface area contributed by atoms with E-state index in [1.54, 1.807) is 6.07 Å². The van der Waals surface area contributed by atoms with Crippen LogP contribution in [0.15, 0.2) is 48.5 Å². The van der Waals surface area contributed by atoms with Crippen LogP contribution in [-0.4, -0.2) is 10.9 Å². The number of thiazole rings is 1. The van der Waals surface area contributed by atoms with Gasteiger partial charge in [0.05, 0.1) is 10.2 Å². The summed E-state index contributed by atoms with van der Waals surface area (Å²) < 4.78 is 14.3. The maximum atomic E-state index is 13.2. The molecule has 2 atom stereocenters. The molecule has 1 aliphatic carbocycles. The number of aromatic nitrogens is 1. The predicted octanol–water partition coefficient (Wildman–Crippen LogP) is 4.18. The molecule has 5 heteroatoms. The van der Waals surface area contributed by atoms with Crippen molar-refractivity contribution in [2.24, 2.45) is 5.92 Å². The normalized spacial score (nSPS) is 20.0. The zero-order chi connectivity index (χ0) is 15.1. The lowest BCUT2D eigenvalue weighted by atomic mass is 10.1. The van der Waals surface area contributed by atoms with E-state index in [1.807, 2.05) is 30.3 Å². The molecule has 1 fully saturated rings. The third-order valence-corrected chi connectivity index (χ3v) is 4.88. The van der Waals surface area contributed by atoms with Crippen molar-refractivity contribution >= 4 is 32.6 Å². The molecule has 0 saturated heterocycles. The van der Waals surface area contributed by atoms with Gasteiger partial charge in [-0.1, -0.05) is 35.6 Å². The van der Waals surface area contributed by atoms with Crippen LogP contribution < -0.4 is 5.32 Å². The van der Waals surface area contributed by atoms with Crippen molar-refractivity contribution in [1.29, 1.82) is 0 Å². The van der Waals surface area contributed by atoms with E-state index in [-0.39, 0.29) is 23.6 Å². The topological polar surface area (TPSA) is 42.0 Å². The second-order valence-electron chi connectivity index (χ2n) is 5.48. The molecule has 22 heavy (non-hydrogen) atoms. The quantitative estimate of drug-likeness (QED) is 0.788. The number of rotatable bonds is 3. The van der Waals surface area contributed by atoms with Gasteiger partial charge in [-0.25, -0.2) is 9.37 Å². The Morgan fingerprint density at radius 1 is 1.23 bits per heavy atom. The Balaban J connectivity index is 1.47. The molecule has 0 aliphatic heterocycles. The van der Waals surface area contributed by atoms with Gasteiger partial charge < -0.3 is 5.32 Å². The molecule has 110 valence electrons. The summed E-state index contributed by atoms with van der Waals surface area (Å²) >= 11 is 1.47. The Morgan fingerprint density at radius 2 is 2.09 bits per heavy atom. The molecule has 0 unspecified atom stereocenters. The average Bonchev–Trinajstić information content (AvgIpc) is 3.21. The van der Waals surface area contributed by atoms with Crippen LogP contribution in [0.1, 0.15) is 17.9 Å². The summed E-state index contributed by atoms with van der Waals surface area (Å²) in [4.78, 5) is 16.7. The van der Waals surface area contributed by atoms with E-state index in [9.17, 15) is 9.18 Å². The van der Waals surface area contributed by atoms with Crippen LogP contribution >= 0.6 is 11.3 Å². The molecule has 1 amide bonds. The maximum absolute atomic E-state index is 13.2. The minimum atomic E-state index is -0.255. The monoisotopic (exact) mass is 312 g/mol. The first-order valence-electron chi connectivity index (χ1n) is 7.12. The van der Waals surface area contributed by atoms with Gasteiger partial charge in [0.1, 0.15) is 5.82 Å². The highest BCUT2D eigenvalue weighted by atomic mass is 32.1. The Labute approximate surface area is 130 Å². The number of halogens is 1. The number of carbonyl (C=O) groups excluding carboxylic acids is 1. The third kappa shape index (κ3) is 2.48. The van der Waals surface area contributed by atoms with Crippen LogP contribution in [0.2, 0.25) is 0 Å². The Morgan fingerprint density at radius 3 is 2.91 bits per heavy atom. The number of amides is 1. The zero-order valence-corrected chi connectivity index (χ0v) is 12.4. The molecule has 1 heterocycles. The number of para-hydroxylation sites is 1. The fourth-order valence-corrected chi connectivity index (χ4v) is 3.58. The highest BCUT2D eigenvalue weighted by molar-refractivity contribution is 7.22. The summed E-state index contributed by atoms with van der Waals surface area (Å²) in [6.07, 6.45) is 0.764. The van der Waals surface area contributed by atoms with Gasteiger partial charge in [0, 0.05) is 5.92 Å². The molecule has 1 aromatic heterocycles. The lowest BCUT2D eigenvalue weighted by Crippen LogP contribution is -2.14. The second-order valence-corrected chi connectivity index (χ2v) is 6.51. The summed E-state index contributed by atoms with van der Waals surface area (Å²) in [5.41, 5.74) is 1.78. The minimum Gasteiger partial charge on any atom is -0.302 e. The van der Waals surface area contributed by atoms with Gasteiger partial charge in [0.25, 0.3) is 0 Å². The van der Waals surface area contributed by atoms with E-state index in [0.29, 0.717) is 5.13 Å². The van der Waals surface area contributed by atoms with Gasteiger partial charge >= 0.3 is 0 Å². The maximum Gasteiger partial charge on any atom is 0.229 e. The summed E-state index contributed by atoms with van der Waals surface area (Å²) in [5, 5.41) is 3.50. The van der Waals surface area contributed by atoms with Crippen molar-refractivity contribution in [2.75, 3.05) is 5.32 Å². The molecule has 1 aliphatic rings. The van der Waals surface area contributed by atoms with E-state index in [4.69, 9.17) is 0 Å². The molecule has 0 radical (unpaired) electrons. The highest BCUT2D eigenvalue weighted by Crippen LogP contribution is 2.48. The second kappa shape index (κ2) is 5.18. The molecule has 3 aromatic rings. The minimum absolute atomic E-state index is 0.0340. The average molecular weight is 312 g/mol. The molecular weight excluding hydrogens is 299 g/mol. The fourth-order valence-electron chi connectivity index (χ4n) is 2.71. The molecular formula is C17H13FN2OS. The number of carbonyl (C=O) groups is 1. The van der Waals surface area contributed by atoms with E-state index in [1.165, 1.54) is 23.5 Å². The van der Waals surface area contributed by atoms with Gasteiger partial charge in [0.15, 0.2) is 5.13 Å². The first kappa shape index (κ1) is 13.4. The molecule has 0 spiro atoms. The smallest absolute Gasteiger partial charge is 0.229 e. The van der Waals surface area contributed by atoms with E-state index >= 15 is 0 Å². The van der Waals surface area contributed by atoms with Gasteiger partial charge in [-0.3, -0.25) is 4.79 Å². The van der Waals surface area contributed by atoms with Gasteiger partial charge in [0.2, 0.25) is 5.91 Å². The van der Waals surface area contributed by atoms with Crippen LogP contribution in [0.3, 0.4) is 0 Å². The Bertz CT molecular complexity index is 827. The first-order valence-corrected chi connectivity index (χ1v) is 7.94. The van der Waals surface area contributed by atoms with Crippen molar-refractivity contribution in [3.8, 4) is 0 Å². The lowest BCUT2D eigenvalue weighted by molar-refractivity contribution is -0.117. The predicted molar refractivity (Wildman–Crippen MR) is 85.5 cm³/mol. The van der Waals surface area contributed by atoms with Gasteiger partial charge in [-0.05, 0) is 42.2 Å². The number of fused-ring (bicyclic) bond motifs is 1. The van der Waals surface area contributed by atoms with E-state index < -0.39 is 0 Å². The van der Waals surface area contributed by atoms with Gasteiger partial charge in [-0.15, -0.1) is 0 Å². The third-order valence-electron chi connectivity index (χ3n) is 3.93. The molecule has 4 rings (SSSR count). The summed E-state index contributed by atoms with van der Waals surface area (Å²) in [6, 6.07) is 14.3. The standard InChI is InChI=1S/C17H13FN2OS/c18-11-5-3-4-10(8-11)12-9-13(12)16(21)20-17-19-14-6-1-2-7-15(14)22-17/h1-8,12-13H,9H2,(H,19,20,21)/t12-,13+/m1/s1. The molecule has 2 aromatic carbocycles. The van der Waals surface area contributed by atoms with Crippen molar-refractivity contribution in [2.45, 2.75) is 12.3 Å². The largest absolute Gasteiger partial charge is 0.302 e. The summed E-state index contributed by atoms with van der Waals surface area (Å²) in [6.45, 7) is 0. The fraction of sp³-hybridized carbons (Fsp3) is 0.176. The Kier molecular flexibility index (Phi) is 3.15. The SMILES string of the molecule is O=C(Nc1nc2ccccc2s1)[C@H]1C[C@@H]1c1cccc(F)c1. The Hall–Kier alpha value is -2.27. The number of anilines is 1. The lowest BCUT2D eigenvalue weighted by Gasteiger charge is -2.01. The van der Waals surface area contributed by atoms with Crippen LogP contribution in [0.25, 0.3) is 10.2 Å². The molecule has 1 saturated carbocycles. The number of hydrogen-bond acceptors (Lipinski definition) is 3. The van der Waals surface area contributed by atoms with E-state index in [2.05, 4.69) is 10.3 Å². The summed E-state index contributed by atoms with van der Waals surface area (Å²) in [7, 11) is 0. The van der Waals surface area contributed by atoms with Crippen LogP contribution in [0.4, 0.5) is 9.52 Å². The van der Waals surface area contributed by atoms with E-state index in [0.717, 1.165) is 22.2 Å². The van der Waals surface area contributed by atoms with Crippen molar-refractivity contribution in [3.63, 3.8) is 0 Å². The highest BCUT2D eigenvalue weighted by Gasteiger charge is 2.44. The zero-order valence-electron chi connectivity index (χ0n) is 11.6. The van der Waals surface area contributed by atoms with Gasteiger partial charge in [-0.2, -0.15) is 0 Å². The van der Waals surface area contributed by atoms with Crippen molar-refractivity contribution < 1.29 is 9.18 Å². The summed E-state index contributed by atoms with van der Waals surface area (Å²) in [5.74, 6) is -0.262. The number of hydrogen-bond donors (Lipinski definition) is 1. The molecule has 3 nitrogen and oxygen atoms in total. The molecule has 1 N–H and O–H groups in total. The van der Waals surface area contributed by atoms with Crippen molar-refractivity contribution in [1.82, 2.24) is 4.98 Å². The van der Waals surface area contributed by atoms with Crippen LogP contribution in [0, 0.1) is 11.7 Å². The number of nitrogens with zero attached hydrogens (tertiary/aromatic N) is 1. The van der Waals surface area contributed by atoms with Crippen LogP contribution in [0.5, 0.6) is 0 Å². The first-order chi connectivity index (χ1) is 10.7. The molecule has 0 bridgehead atoms. The number of benzene rings is 2. The number of nitrogens with one attached hydrogen (secondary N) is 1. The van der Waals surface area contributed by atoms with Crippen molar-refractivity contribution in [3.05, 3.63) is 59.9 Å². The van der Waals surface area contributed by atoms with Crippen LogP contribution in [-0.2, 0) is 4.79 Å².